The van der Waals surface area contributed by atoms with Gasteiger partial charge < -0.3 is 4.90 Å². The molecule has 2 aromatic rings. The molecule has 0 aliphatic rings. The smallest absolute Gasteiger partial charge is 0.255 e. The van der Waals surface area contributed by atoms with Crippen molar-refractivity contribution in [3.05, 3.63) is 58.6 Å². The van der Waals surface area contributed by atoms with Crippen LogP contribution >= 0.6 is 15.9 Å². The Morgan fingerprint density at radius 1 is 0.909 bits per heavy atom. The van der Waals surface area contributed by atoms with E-state index in [4.69, 9.17) is 0 Å². The predicted octanol–water partition coefficient (Wildman–Crippen LogP) is 5.38. The van der Waals surface area contributed by atoms with Crippen LogP contribution in [0, 0.1) is 0 Å². The van der Waals surface area contributed by atoms with Crippen LogP contribution in [0.2, 0.25) is 0 Å². The zero-order chi connectivity index (χ0) is 16.3. The van der Waals surface area contributed by atoms with Crippen LogP contribution < -0.4 is 0 Å². The molecule has 2 rings (SSSR count). The minimum Gasteiger partial charge on any atom is -0.334 e. The van der Waals surface area contributed by atoms with Gasteiger partial charge in [0.15, 0.2) is 0 Å². The highest BCUT2D eigenvalue weighted by atomic mass is 79.9. The van der Waals surface area contributed by atoms with Crippen molar-refractivity contribution < 1.29 is 4.79 Å². The van der Waals surface area contributed by atoms with Gasteiger partial charge in [0, 0.05) is 16.6 Å². The van der Waals surface area contributed by atoms with Crippen LogP contribution in [0.1, 0.15) is 38.1 Å². The lowest BCUT2D eigenvalue weighted by molar-refractivity contribution is 0.0643. The number of amides is 1. The van der Waals surface area contributed by atoms with Crippen molar-refractivity contribution >= 4 is 21.8 Å². The SMILES string of the molecule is CC(C)N(C(=O)c1ccc(-c2ccccc2)cc1Br)C(C)C. The van der Waals surface area contributed by atoms with Gasteiger partial charge >= 0.3 is 0 Å². The van der Waals surface area contributed by atoms with Crippen molar-refractivity contribution in [3.8, 4) is 11.1 Å². The third kappa shape index (κ3) is 3.58. The van der Waals surface area contributed by atoms with E-state index in [2.05, 4.69) is 28.1 Å². The fourth-order valence-corrected chi connectivity index (χ4v) is 3.25. The van der Waals surface area contributed by atoms with Crippen molar-refractivity contribution in [1.29, 1.82) is 0 Å². The van der Waals surface area contributed by atoms with Gasteiger partial charge in [-0.15, -0.1) is 0 Å². The van der Waals surface area contributed by atoms with Gasteiger partial charge in [-0.3, -0.25) is 4.79 Å². The second-order valence-electron chi connectivity index (χ2n) is 5.96. The van der Waals surface area contributed by atoms with Crippen molar-refractivity contribution in [2.75, 3.05) is 0 Å². The Bertz CT molecular complexity index is 642. The molecule has 116 valence electrons. The topological polar surface area (TPSA) is 20.3 Å². The molecule has 0 spiro atoms. The van der Waals surface area contributed by atoms with Crippen LogP contribution in [0.15, 0.2) is 53.0 Å². The molecule has 0 N–H and O–H groups in total. The molecule has 2 aromatic carbocycles. The summed E-state index contributed by atoms with van der Waals surface area (Å²) in [5, 5.41) is 0. The van der Waals surface area contributed by atoms with Crippen LogP contribution in [0.25, 0.3) is 11.1 Å². The Morgan fingerprint density at radius 3 is 2.00 bits per heavy atom. The standard InChI is InChI=1S/C19H22BrNO/c1-13(2)21(14(3)4)19(22)17-11-10-16(12-18(17)20)15-8-6-5-7-9-15/h5-14H,1-4H3. The van der Waals surface area contributed by atoms with E-state index < -0.39 is 0 Å². The van der Waals surface area contributed by atoms with Crippen molar-refractivity contribution in [1.82, 2.24) is 4.90 Å². The lowest BCUT2D eigenvalue weighted by Crippen LogP contribution is -2.42. The second-order valence-corrected chi connectivity index (χ2v) is 6.81. The maximum atomic E-state index is 12.8. The summed E-state index contributed by atoms with van der Waals surface area (Å²) in [5.74, 6) is 0.0662. The van der Waals surface area contributed by atoms with E-state index in [1.54, 1.807) is 0 Å². The molecule has 0 aliphatic carbocycles. The van der Waals surface area contributed by atoms with Crippen LogP contribution in [0.3, 0.4) is 0 Å². The van der Waals surface area contributed by atoms with Gasteiger partial charge in [0.1, 0.15) is 0 Å². The Labute approximate surface area is 141 Å². The highest BCUT2D eigenvalue weighted by Gasteiger charge is 2.23. The van der Waals surface area contributed by atoms with E-state index in [-0.39, 0.29) is 18.0 Å². The highest BCUT2D eigenvalue weighted by molar-refractivity contribution is 9.10. The monoisotopic (exact) mass is 359 g/mol. The fourth-order valence-electron chi connectivity index (χ4n) is 2.70. The molecule has 2 nitrogen and oxygen atoms in total. The molecule has 0 radical (unpaired) electrons. The molecule has 0 bridgehead atoms. The Kier molecular flexibility index (Phi) is 5.41. The quantitative estimate of drug-likeness (QED) is 0.717. The normalized spacial score (nSPS) is 11.0. The fraction of sp³-hybridized carbons (Fsp3) is 0.316. The van der Waals surface area contributed by atoms with Crippen molar-refractivity contribution in [2.24, 2.45) is 0 Å². The molecule has 0 atom stereocenters. The minimum atomic E-state index is 0.0662. The average Bonchev–Trinajstić information content (AvgIpc) is 2.47. The maximum Gasteiger partial charge on any atom is 0.255 e. The third-order valence-electron chi connectivity index (χ3n) is 3.65. The molecule has 22 heavy (non-hydrogen) atoms. The Hall–Kier alpha value is -1.61. The molecule has 3 heteroatoms. The first-order chi connectivity index (χ1) is 10.4. The molecule has 1 amide bonds. The number of rotatable bonds is 4. The highest BCUT2D eigenvalue weighted by Crippen LogP contribution is 2.27. The number of benzene rings is 2. The third-order valence-corrected chi connectivity index (χ3v) is 4.31. The van der Waals surface area contributed by atoms with Crippen molar-refractivity contribution in [2.45, 2.75) is 39.8 Å². The second kappa shape index (κ2) is 7.10. The van der Waals surface area contributed by atoms with Gasteiger partial charge in [0.05, 0.1) is 5.56 Å². The average molecular weight is 360 g/mol. The van der Waals surface area contributed by atoms with Crippen LogP contribution in [0.5, 0.6) is 0 Å². The summed E-state index contributed by atoms with van der Waals surface area (Å²) < 4.78 is 0.838. The number of carbonyl (C=O) groups excluding carboxylic acids is 1. The van der Waals surface area contributed by atoms with Gasteiger partial charge in [0.2, 0.25) is 0 Å². The van der Waals surface area contributed by atoms with Gasteiger partial charge in [-0.05, 0) is 66.9 Å². The Morgan fingerprint density at radius 2 is 1.50 bits per heavy atom. The molecule has 0 saturated carbocycles. The molecular formula is C19H22BrNO. The molecular weight excluding hydrogens is 338 g/mol. The van der Waals surface area contributed by atoms with Gasteiger partial charge in [-0.25, -0.2) is 0 Å². The summed E-state index contributed by atoms with van der Waals surface area (Å²) in [5.41, 5.74) is 2.96. The number of hydrogen-bond donors (Lipinski definition) is 0. The van der Waals surface area contributed by atoms with E-state index in [9.17, 15) is 4.79 Å². The molecule has 0 fully saturated rings. The first-order valence-electron chi connectivity index (χ1n) is 7.59. The largest absolute Gasteiger partial charge is 0.334 e. The number of halogens is 1. The Balaban J connectivity index is 2.36. The molecule has 0 saturated heterocycles. The summed E-state index contributed by atoms with van der Waals surface area (Å²) in [4.78, 5) is 14.7. The van der Waals surface area contributed by atoms with Gasteiger partial charge in [0.25, 0.3) is 5.91 Å². The first-order valence-corrected chi connectivity index (χ1v) is 8.38. The molecule has 0 aliphatic heterocycles. The van der Waals surface area contributed by atoms with E-state index in [0.717, 1.165) is 15.6 Å². The summed E-state index contributed by atoms with van der Waals surface area (Å²) in [6, 6.07) is 16.4. The number of hydrogen-bond acceptors (Lipinski definition) is 1. The summed E-state index contributed by atoms with van der Waals surface area (Å²) >= 11 is 3.56. The van der Waals surface area contributed by atoms with Crippen LogP contribution in [-0.4, -0.2) is 22.9 Å². The number of nitrogens with zero attached hydrogens (tertiary/aromatic N) is 1. The molecule has 0 aromatic heterocycles. The van der Waals surface area contributed by atoms with Gasteiger partial charge in [-0.2, -0.15) is 0 Å². The number of carbonyl (C=O) groups is 1. The van der Waals surface area contributed by atoms with E-state index in [1.165, 1.54) is 0 Å². The lowest BCUT2D eigenvalue weighted by Gasteiger charge is -2.31. The summed E-state index contributed by atoms with van der Waals surface area (Å²) in [7, 11) is 0. The van der Waals surface area contributed by atoms with Crippen molar-refractivity contribution in [3.63, 3.8) is 0 Å². The van der Waals surface area contributed by atoms with Crippen LogP contribution in [0.4, 0.5) is 0 Å². The lowest BCUT2D eigenvalue weighted by atomic mass is 10.0. The van der Waals surface area contributed by atoms with E-state index in [1.807, 2.05) is 69.0 Å². The zero-order valence-electron chi connectivity index (χ0n) is 13.5. The predicted molar refractivity (Wildman–Crippen MR) is 96.0 cm³/mol. The molecule has 0 unspecified atom stereocenters. The van der Waals surface area contributed by atoms with E-state index >= 15 is 0 Å². The van der Waals surface area contributed by atoms with Crippen LogP contribution in [-0.2, 0) is 0 Å². The maximum absolute atomic E-state index is 12.8. The summed E-state index contributed by atoms with van der Waals surface area (Å²) in [6.07, 6.45) is 0. The minimum absolute atomic E-state index is 0.0662. The van der Waals surface area contributed by atoms with E-state index in [0.29, 0.717) is 5.56 Å². The summed E-state index contributed by atoms with van der Waals surface area (Å²) in [6.45, 7) is 8.18. The zero-order valence-corrected chi connectivity index (χ0v) is 15.1. The first kappa shape index (κ1) is 16.8. The van der Waals surface area contributed by atoms with Gasteiger partial charge in [-0.1, -0.05) is 36.4 Å². The molecule has 0 heterocycles.